The maximum atomic E-state index is 11.3. The summed E-state index contributed by atoms with van der Waals surface area (Å²) in [6.07, 6.45) is 1.85. The number of hydrogen-bond acceptors (Lipinski definition) is 4. The van der Waals surface area contributed by atoms with Gasteiger partial charge in [0.25, 0.3) is 0 Å². The van der Waals surface area contributed by atoms with Gasteiger partial charge in [0, 0.05) is 6.92 Å². The third-order valence-corrected chi connectivity index (χ3v) is 2.18. The number of rotatable bonds is 2. The maximum Gasteiger partial charge on any atom is 0.303 e. The van der Waals surface area contributed by atoms with Gasteiger partial charge in [-0.05, 0) is 18.6 Å². The van der Waals surface area contributed by atoms with E-state index in [4.69, 9.17) is 4.74 Å². The lowest BCUT2D eigenvalue weighted by atomic mass is 9.94. The van der Waals surface area contributed by atoms with Crippen molar-refractivity contribution in [3.63, 3.8) is 0 Å². The van der Waals surface area contributed by atoms with E-state index >= 15 is 0 Å². The highest BCUT2D eigenvalue weighted by Gasteiger charge is 2.47. The monoisotopic (exact) mass is 184 g/mol. The van der Waals surface area contributed by atoms with Gasteiger partial charge in [0.1, 0.15) is 6.10 Å². The number of carbonyl (C=O) groups is 2. The molecule has 0 saturated heterocycles. The molecular formula is C9H12O4. The first-order valence-corrected chi connectivity index (χ1v) is 4.13. The van der Waals surface area contributed by atoms with Gasteiger partial charge in [-0.2, -0.15) is 0 Å². The highest BCUT2D eigenvalue weighted by atomic mass is 16.6. The molecule has 0 aromatic carbocycles. The van der Waals surface area contributed by atoms with Crippen molar-refractivity contribution < 1.29 is 19.4 Å². The van der Waals surface area contributed by atoms with Crippen molar-refractivity contribution in [1.29, 1.82) is 0 Å². The predicted molar refractivity (Wildman–Crippen MR) is 44.9 cm³/mol. The van der Waals surface area contributed by atoms with Crippen molar-refractivity contribution in [2.45, 2.75) is 32.0 Å². The van der Waals surface area contributed by atoms with Gasteiger partial charge < -0.3 is 9.84 Å². The van der Waals surface area contributed by atoms with Gasteiger partial charge in [0.2, 0.25) is 11.4 Å². The molecule has 0 fully saturated rings. The lowest BCUT2D eigenvalue weighted by Gasteiger charge is -2.28. The smallest absolute Gasteiger partial charge is 0.303 e. The van der Waals surface area contributed by atoms with Crippen LogP contribution in [0.3, 0.4) is 0 Å². The van der Waals surface area contributed by atoms with Gasteiger partial charge in [-0.3, -0.25) is 9.59 Å². The molecule has 0 amide bonds. The molecule has 0 radical (unpaired) electrons. The molecule has 13 heavy (non-hydrogen) atoms. The first kappa shape index (κ1) is 9.92. The molecule has 1 aliphatic rings. The van der Waals surface area contributed by atoms with Crippen LogP contribution in [0.1, 0.15) is 20.3 Å². The normalized spacial score (nSPS) is 32.2. The summed E-state index contributed by atoms with van der Waals surface area (Å²) >= 11 is 0. The fourth-order valence-electron chi connectivity index (χ4n) is 1.44. The van der Waals surface area contributed by atoms with Crippen molar-refractivity contribution in [2.24, 2.45) is 0 Å². The van der Waals surface area contributed by atoms with Crippen molar-refractivity contribution in [2.75, 3.05) is 0 Å². The fourth-order valence-corrected chi connectivity index (χ4v) is 1.44. The molecule has 1 rings (SSSR count). The Morgan fingerprint density at radius 2 is 2.38 bits per heavy atom. The average Bonchev–Trinajstić information content (AvgIpc) is 2.32. The predicted octanol–water partition coefficient (Wildman–Crippen LogP) is 0.198. The topological polar surface area (TPSA) is 63.6 Å². The second kappa shape index (κ2) is 3.30. The standard InChI is InChI=1S/C9H12O4/c1-3-9(13-6(2)10)7(11)4-5-8(9)12/h4-5,7,11H,3H2,1-2H3/t7-,9+/m1/s1. The summed E-state index contributed by atoms with van der Waals surface area (Å²) in [7, 11) is 0. The molecule has 0 aliphatic heterocycles. The lowest BCUT2D eigenvalue weighted by molar-refractivity contribution is -0.171. The van der Waals surface area contributed by atoms with Crippen LogP contribution in [0, 0.1) is 0 Å². The summed E-state index contributed by atoms with van der Waals surface area (Å²) in [6, 6.07) is 0. The van der Waals surface area contributed by atoms with Crippen LogP contribution in [0.15, 0.2) is 12.2 Å². The second-order valence-corrected chi connectivity index (χ2v) is 3.00. The van der Waals surface area contributed by atoms with E-state index in [1.807, 2.05) is 0 Å². The first-order chi connectivity index (χ1) is 6.03. The van der Waals surface area contributed by atoms with Gasteiger partial charge in [-0.25, -0.2) is 0 Å². The molecule has 1 N–H and O–H groups in total. The summed E-state index contributed by atoms with van der Waals surface area (Å²) in [4.78, 5) is 22.1. The molecule has 0 aromatic heterocycles. The molecular weight excluding hydrogens is 172 g/mol. The van der Waals surface area contributed by atoms with E-state index in [-0.39, 0.29) is 12.2 Å². The minimum Gasteiger partial charge on any atom is -0.448 e. The van der Waals surface area contributed by atoms with Crippen molar-refractivity contribution in [3.05, 3.63) is 12.2 Å². The van der Waals surface area contributed by atoms with Crippen molar-refractivity contribution in [1.82, 2.24) is 0 Å². The Balaban J connectivity index is 2.92. The van der Waals surface area contributed by atoms with E-state index in [9.17, 15) is 14.7 Å². The lowest BCUT2D eigenvalue weighted by Crippen LogP contribution is -2.47. The molecule has 0 aromatic rings. The summed E-state index contributed by atoms with van der Waals surface area (Å²) < 4.78 is 4.87. The Hall–Kier alpha value is -1.16. The second-order valence-electron chi connectivity index (χ2n) is 3.00. The van der Waals surface area contributed by atoms with Gasteiger partial charge in [-0.15, -0.1) is 0 Å². The fraction of sp³-hybridized carbons (Fsp3) is 0.556. The van der Waals surface area contributed by atoms with E-state index in [2.05, 4.69) is 0 Å². The zero-order valence-electron chi connectivity index (χ0n) is 7.61. The third kappa shape index (κ3) is 1.49. The number of ether oxygens (including phenoxy) is 1. The molecule has 0 bridgehead atoms. The quantitative estimate of drug-likeness (QED) is 0.622. The van der Waals surface area contributed by atoms with E-state index in [0.29, 0.717) is 0 Å². The SMILES string of the molecule is CC[C@@]1(OC(C)=O)C(=O)C=C[C@H]1O. The van der Waals surface area contributed by atoms with Crippen LogP contribution in [0.25, 0.3) is 0 Å². The van der Waals surface area contributed by atoms with E-state index in [1.165, 1.54) is 19.1 Å². The molecule has 4 heteroatoms. The van der Waals surface area contributed by atoms with Crippen LogP contribution >= 0.6 is 0 Å². The average molecular weight is 184 g/mol. The van der Waals surface area contributed by atoms with Crippen LogP contribution < -0.4 is 0 Å². The maximum absolute atomic E-state index is 11.3. The number of hydrogen-bond donors (Lipinski definition) is 1. The van der Waals surface area contributed by atoms with E-state index in [1.54, 1.807) is 6.92 Å². The number of aliphatic hydroxyl groups excluding tert-OH is 1. The van der Waals surface area contributed by atoms with Crippen molar-refractivity contribution in [3.8, 4) is 0 Å². The largest absolute Gasteiger partial charge is 0.448 e. The summed E-state index contributed by atoms with van der Waals surface area (Å²) in [5.74, 6) is -0.907. The summed E-state index contributed by atoms with van der Waals surface area (Å²) in [5, 5.41) is 9.47. The molecule has 1 aliphatic carbocycles. The van der Waals surface area contributed by atoms with Crippen LogP contribution in [0.2, 0.25) is 0 Å². The number of esters is 1. The Morgan fingerprint density at radius 1 is 1.77 bits per heavy atom. The molecule has 0 saturated carbocycles. The third-order valence-electron chi connectivity index (χ3n) is 2.18. The van der Waals surface area contributed by atoms with E-state index < -0.39 is 17.7 Å². The van der Waals surface area contributed by atoms with Crippen LogP contribution in [0.4, 0.5) is 0 Å². The molecule has 0 unspecified atom stereocenters. The number of aliphatic hydroxyl groups is 1. The molecule has 2 atom stereocenters. The highest BCUT2D eigenvalue weighted by molar-refractivity contribution is 6.01. The Bertz CT molecular complexity index is 269. The van der Waals surface area contributed by atoms with Crippen LogP contribution in [-0.2, 0) is 14.3 Å². The minimum absolute atomic E-state index is 0.277. The minimum atomic E-state index is -1.37. The van der Waals surface area contributed by atoms with Crippen LogP contribution in [0.5, 0.6) is 0 Å². The Labute approximate surface area is 76.2 Å². The Kier molecular flexibility index (Phi) is 2.52. The van der Waals surface area contributed by atoms with Crippen LogP contribution in [-0.4, -0.2) is 28.6 Å². The summed E-state index contributed by atoms with van der Waals surface area (Å²) in [5.41, 5.74) is -1.37. The van der Waals surface area contributed by atoms with Gasteiger partial charge >= 0.3 is 5.97 Å². The Morgan fingerprint density at radius 3 is 2.69 bits per heavy atom. The zero-order chi connectivity index (χ0) is 10.1. The molecule has 4 nitrogen and oxygen atoms in total. The molecule has 72 valence electrons. The molecule has 0 spiro atoms. The zero-order valence-corrected chi connectivity index (χ0v) is 7.61. The van der Waals surface area contributed by atoms with Gasteiger partial charge in [-0.1, -0.05) is 6.92 Å². The summed E-state index contributed by atoms with van der Waals surface area (Å²) in [6.45, 7) is 2.91. The number of ketones is 1. The number of carbonyl (C=O) groups excluding carboxylic acids is 2. The van der Waals surface area contributed by atoms with Gasteiger partial charge in [0.15, 0.2) is 0 Å². The van der Waals surface area contributed by atoms with Gasteiger partial charge in [0.05, 0.1) is 0 Å². The highest BCUT2D eigenvalue weighted by Crippen LogP contribution is 2.28. The first-order valence-electron chi connectivity index (χ1n) is 4.13. The van der Waals surface area contributed by atoms with Crippen molar-refractivity contribution >= 4 is 11.8 Å². The molecule has 0 heterocycles. The van der Waals surface area contributed by atoms with E-state index in [0.717, 1.165) is 0 Å².